The molecule has 3 rings (SSSR count). The highest BCUT2D eigenvalue weighted by atomic mass is 16.5. The molecule has 0 radical (unpaired) electrons. The average Bonchev–Trinajstić information content (AvgIpc) is 3.24. The lowest BCUT2D eigenvalue weighted by atomic mass is 10.2. The first-order chi connectivity index (χ1) is 15.6. The predicted molar refractivity (Wildman–Crippen MR) is 124 cm³/mol. The molecule has 2 heterocycles. The molecule has 1 aliphatic heterocycles. The number of aromatic nitrogens is 1. The summed E-state index contributed by atoms with van der Waals surface area (Å²) in [6, 6.07) is 14.6. The van der Waals surface area contributed by atoms with Crippen molar-refractivity contribution in [2.24, 2.45) is 0 Å². The maximum Gasteiger partial charge on any atom is 0.305 e. The van der Waals surface area contributed by atoms with E-state index < -0.39 is 6.10 Å². The Hall–Kier alpha value is -2.19. The molecule has 1 aliphatic rings. The van der Waals surface area contributed by atoms with Crippen LogP contribution < -0.4 is 0 Å². The molecule has 176 valence electrons. The molecule has 0 saturated carbocycles. The van der Waals surface area contributed by atoms with Crippen LogP contribution in [0.25, 0.3) is 0 Å². The van der Waals surface area contributed by atoms with Crippen LogP contribution in [-0.2, 0) is 27.4 Å². The molecule has 1 aromatic carbocycles. The van der Waals surface area contributed by atoms with E-state index in [2.05, 4.69) is 57.0 Å². The van der Waals surface area contributed by atoms with Crippen molar-refractivity contribution in [2.45, 2.75) is 39.0 Å². The van der Waals surface area contributed by atoms with Gasteiger partial charge in [0.15, 0.2) is 0 Å². The first kappa shape index (κ1) is 24.5. The summed E-state index contributed by atoms with van der Waals surface area (Å²) >= 11 is 0. The predicted octanol–water partition coefficient (Wildman–Crippen LogP) is 2.37. The SMILES string of the molecule is CCCC(=O)OCC(O)CN(CCN1CCOCC1)Cc1cccn1Cc1ccccc1. The number of esters is 1. The number of carbonyl (C=O) groups is 1. The van der Waals surface area contributed by atoms with Crippen LogP contribution in [0, 0.1) is 0 Å². The monoisotopic (exact) mass is 443 g/mol. The molecule has 1 atom stereocenters. The summed E-state index contributed by atoms with van der Waals surface area (Å²) in [5.41, 5.74) is 2.46. The summed E-state index contributed by atoms with van der Waals surface area (Å²) in [5, 5.41) is 10.5. The van der Waals surface area contributed by atoms with E-state index in [4.69, 9.17) is 9.47 Å². The van der Waals surface area contributed by atoms with E-state index >= 15 is 0 Å². The van der Waals surface area contributed by atoms with Crippen molar-refractivity contribution < 1.29 is 19.4 Å². The third-order valence-corrected chi connectivity index (χ3v) is 5.70. The zero-order valence-corrected chi connectivity index (χ0v) is 19.2. The Morgan fingerprint density at radius 3 is 2.72 bits per heavy atom. The topological polar surface area (TPSA) is 67.2 Å². The van der Waals surface area contributed by atoms with Crippen LogP contribution in [0.5, 0.6) is 0 Å². The van der Waals surface area contributed by atoms with E-state index in [1.54, 1.807) is 0 Å². The zero-order chi connectivity index (χ0) is 22.6. The highest BCUT2D eigenvalue weighted by Crippen LogP contribution is 2.12. The van der Waals surface area contributed by atoms with Gasteiger partial charge in [-0.2, -0.15) is 0 Å². The van der Waals surface area contributed by atoms with E-state index in [0.717, 1.165) is 58.9 Å². The Labute approximate surface area is 191 Å². The summed E-state index contributed by atoms with van der Waals surface area (Å²) < 4.78 is 12.9. The molecule has 1 fully saturated rings. The van der Waals surface area contributed by atoms with E-state index in [0.29, 0.717) is 13.0 Å². The summed E-state index contributed by atoms with van der Waals surface area (Å²) in [7, 11) is 0. The standard InChI is InChI=1S/C25H37N3O4/c1-2-7-25(30)32-21-24(29)20-27(13-12-26-14-16-31-17-15-26)19-23-10-6-11-28(23)18-22-8-4-3-5-9-22/h3-6,8-11,24,29H,2,7,12-21H2,1H3. The first-order valence-corrected chi connectivity index (χ1v) is 11.7. The second kappa shape index (κ2) is 13.4. The molecular weight excluding hydrogens is 406 g/mol. The number of ether oxygens (including phenoxy) is 2. The van der Waals surface area contributed by atoms with Crippen LogP contribution in [0.1, 0.15) is 31.0 Å². The Kier molecular flexibility index (Phi) is 10.2. The molecule has 1 aromatic heterocycles. The van der Waals surface area contributed by atoms with Crippen molar-refractivity contribution in [3.8, 4) is 0 Å². The molecule has 0 aliphatic carbocycles. The maximum atomic E-state index is 11.7. The number of rotatable bonds is 13. The Balaban J connectivity index is 1.60. The van der Waals surface area contributed by atoms with Crippen molar-refractivity contribution in [1.29, 1.82) is 0 Å². The van der Waals surface area contributed by atoms with Crippen molar-refractivity contribution in [3.63, 3.8) is 0 Å². The number of benzene rings is 1. The Morgan fingerprint density at radius 1 is 1.19 bits per heavy atom. The fourth-order valence-corrected chi connectivity index (χ4v) is 3.92. The number of hydrogen-bond acceptors (Lipinski definition) is 6. The van der Waals surface area contributed by atoms with Crippen molar-refractivity contribution in [1.82, 2.24) is 14.4 Å². The van der Waals surface area contributed by atoms with Crippen LogP contribution in [0.3, 0.4) is 0 Å². The smallest absolute Gasteiger partial charge is 0.305 e. The summed E-state index contributed by atoms with van der Waals surface area (Å²) in [6.07, 6.45) is 2.53. The van der Waals surface area contributed by atoms with Gasteiger partial charge in [0.2, 0.25) is 0 Å². The normalized spacial score (nSPS) is 15.7. The van der Waals surface area contributed by atoms with Gasteiger partial charge in [-0.25, -0.2) is 0 Å². The van der Waals surface area contributed by atoms with Gasteiger partial charge in [-0.1, -0.05) is 37.3 Å². The minimum absolute atomic E-state index is 0.0396. The number of aliphatic hydroxyl groups excluding tert-OH is 1. The van der Waals surface area contributed by atoms with Crippen LogP contribution in [0.4, 0.5) is 0 Å². The molecule has 0 spiro atoms. The Morgan fingerprint density at radius 2 is 1.97 bits per heavy atom. The summed E-state index contributed by atoms with van der Waals surface area (Å²) in [4.78, 5) is 16.3. The summed E-state index contributed by atoms with van der Waals surface area (Å²) in [6.45, 7) is 9.16. The highest BCUT2D eigenvalue weighted by Gasteiger charge is 2.18. The molecule has 1 unspecified atom stereocenters. The van der Waals surface area contributed by atoms with Gasteiger partial charge in [0.05, 0.1) is 13.2 Å². The minimum Gasteiger partial charge on any atom is -0.463 e. The van der Waals surface area contributed by atoms with Gasteiger partial charge >= 0.3 is 5.97 Å². The van der Waals surface area contributed by atoms with Crippen molar-refractivity contribution in [2.75, 3.05) is 52.5 Å². The molecule has 7 heteroatoms. The van der Waals surface area contributed by atoms with Gasteiger partial charge in [-0.3, -0.25) is 14.6 Å². The Bertz CT molecular complexity index is 789. The van der Waals surface area contributed by atoms with E-state index in [1.807, 2.05) is 13.0 Å². The number of morpholine rings is 1. The largest absolute Gasteiger partial charge is 0.463 e. The van der Waals surface area contributed by atoms with E-state index in [-0.39, 0.29) is 12.6 Å². The third-order valence-electron chi connectivity index (χ3n) is 5.70. The van der Waals surface area contributed by atoms with Gasteiger partial charge in [-0.05, 0) is 24.1 Å². The van der Waals surface area contributed by atoms with Crippen molar-refractivity contribution >= 4 is 5.97 Å². The van der Waals surface area contributed by atoms with Crippen molar-refractivity contribution in [3.05, 3.63) is 59.9 Å². The number of carbonyl (C=O) groups excluding carboxylic acids is 1. The van der Waals surface area contributed by atoms with Gasteiger partial charge in [-0.15, -0.1) is 0 Å². The lowest BCUT2D eigenvalue weighted by Gasteiger charge is -2.31. The number of aliphatic hydroxyl groups is 1. The van der Waals surface area contributed by atoms with Gasteiger partial charge in [0.1, 0.15) is 12.7 Å². The second-order valence-corrected chi connectivity index (χ2v) is 8.39. The molecule has 1 N–H and O–H groups in total. The molecular formula is C25H37N3O4. The number of hydrogen-bond donors (Lipinski definition) is 1. The molecule has 0 bridgehead atoms. The zero-order valence-electron chi connectivity index (χ0n) is 19.2. The fraction of sp³-hybridized carbons (Fsp3) is 0.560. The minimum atomic E-state index is -0.710. The lowest BCUT2D eigenvalue weighted by molar-refractivity contribution is -0.147. The number of nitrogens with zero attached hydrogens (tertiary/aromatic N) is 3. The van der Waals surface area contributed by atoms with Gasteiger partial charge in [0.25, 0.3) is 0 Å². The second-order valence-electron chi connectivity index (χ2n) is 8.39. The fourth-order valence-electron chi connectivity index (χ4n) is 3.92. The van der Waals surface area contributed by atoms with Crippen LogP contribution >= 0.6 is 0 Å². The quantitative estimate of drug-likeness (QED) is 0.480. The highest BCUT2D eigenvalue weighted by molar-refractivity contribution is 5.69. The average molecular weight is 444 g/mol. The molecule has 1 saturated heterocycles. The van der Waals surface area contributed by atoms with E-state index in [1.165, 1.54) is 11.3 Å². The summed E-state index contributed by atoms with van der Waals surface area (Å²) in [5.74, 6) is -0.247. The van der Waals surface area contributed by atoms with Gasteiger partial charge < -0.3 is 19.1 Å². The molecule has 2 aromatic rings. The lowest BCUT2D eigenvalue weighted by Crippen LogP contribution is -2.43. The van der Waals surface area contributed by atoms with E-state index in [9.17, 15) is 9.90 Å². The molecule has 7 nitrogen and oxygen atoms in total. The van der Waals surface area contributed by atoms with Crippen LogP contribution in [-0.4, -0.2) is 84.1 Å². The first-order valence-electron chi connectivity index (χ1n) is 11.7. The molecule has 32 heavy (non-hydrogen) atoms. The van der Waals surface area contributed by atoms with Crippen LogP contribution in [0.2, 0.25) is 0 Å². The maximum absolute atomic E-state index is 11.7. The van der Waals surface area contributed by atoms with Crippen LogP contribution in [0.15, 0.2) is 48.7 Å². The third kappa shape index (κ3) is 8.39. The van der Waals surface area contributed by atoms with Gasteiger partial charge in [0, 0.05) is 64.1 Å². The molecule has 0 amide bonds.